The summed E-state index contributed by atoms with van der Waals surface area (Å²) in [5, 5.41) is 64.6. The molecule has 0 radical (unpaired) electrons. The van der Waals surface area contributed by atoms with Gasteiger partial charge in [-0.05, 0) is 24.3 Å². The summed E-state index contributed by atoms with van der Waals surface area (Å²) in [6.07, 6.45) is -3.38. The van der Waals surface area contributed by atoms with Gasteiger partial charge in [-0.25, -0.2) is 0 Å². The van der Waals surface area contributed by atoms with Crippen molar-refractivity contribution in [1.29, 1.82) is 0 Å². The number of phenols is 1. The Balaban J connectivity index is 1.30. The second kappa shape index (κ2) is 13.3. The quantitative estimate of drug-likeness (QED) is 0.118. The van der Waals surface area contributed by atoms with Crippen LogP contribution < -0.4 is 31.3 Å². The molecule has 0 saturated heterocycles. The average Bonchev–Trinajstić information content (AvgIpc) is 3.33. The van der Waals surface area contributed by atoms with E-state index in [4.69, 9.17) is 4.74 Å². The molecule has 1 aromatic heterocycles. The highest BCUT2D eigenvalue weighted by atomic mass is 16.5. The van der Waals surface area contributed by atoms with Crippen molar-refractivity contribution >= 4 is 34.4 Å². The van der Waals surface area contributed by atoms with Gasteiger partial charge in [-0.2, -0.15) is 0 Å². The second-order valence-corrected chi connectivity index (χ2v) is 9.33. The molecule has 15 nitrogen and oxygen atoms in total. The summed E-state index contributed by atoms with van der Waals surface area (Å²) in [5.74, 6) is -1.32. The van der Waals surface area contributed by atoms with Crippen molar-refractivity contribution in [3.8, 4) is 11.5 Å². The maximum atomic E-state index is 12.4. The molecule has 0 aliphatic carbocycles. The number of hydrogen-bond donors (Lipinski definition) is 11. The van der Waals surface area contributed by atoms with Crippen molar-refractivity contribution in [2.75, 3.05) is 38.6 Å². The van der Waals surface area contributed by atoms with Crippen LogP contribution in [0.25, 0.3) is 10.9 Å². The van der Waals surface area contributed by atoms with E-state index in [-0.39, 0.29) is 36.6 Å². The van der Waals surface area contributed by atoms with E-state index in [1.165, 1.54) is 25.3 Å². The number of para-hydroxylation sites is 1. The third kappa shape index (κ3) is 7.62. The Bertz CT molecular complexity index is 1410. The standard InChI is InChI=1S/C26H33N7O8/c1-41-22-17-4-2-3-5-18(17)32-21(22)24(38)33-19(25(39)40)11-27-20(36)12-28-23(37)13-6-14(8-15(34)7-13)31-26-29-9-16(35)10-30-26/h2-8,16,19,23-24,28,32-35,37-38H,9-12H2,1H3,(H,27,36)(H,39,40)(H2,29,30,31). The Hall–Kier alpha value is -4.41. The molecule has 1 aliphatic rings. The van der Waals surface area contributed by atoms with E-state index in [2.05, 4.69) is 36.6 Å². The molecule has 4 rings (SSSR count). The van der Waals surface area contributed by atoms with Gasteiger partial charge >= 0.3 is 5.97 Å². The lowest BCUT2D eigenvalue weighted by Crippen LogP contribution is -2.49. The van der Waals surface area contributed by atoms with Gasteiger partial charge in [0, 0.05) is 41.3 Å². The summed E-state index contributed by atoms with van der Waals surface area (Å²) in [7, 11) is 1.44. The van der Waals surface area contributed by atoms with E-state index in [9.17, 15) is 35.1 Å². The largest absolute Gasteiger partial charge is 0.508 e. The van der Waals surface area contributed by atoms with Crippen LogP contribution in [0, 0.1) is 0 Å². The van der Waals surface area contributed by atoms with Crippen LogP contribution in [0.3, 0.4) is 0 Å². The number of β-amino-alcohol motifs (C(OH)–C–C–N with tert-alkyl or cyclic N) is 1. The second-order valence-electron chi connectivity index (χ2n) is 9.33. The van der Waals surface area contributed by atoms with E-state index in [1.54, 1.807) is 24.3 Å². The van der Waals surface area contributed by atoms with Gasteiger partial charge in [0.2, 0.25) is 5.91 Å². The fourth-order valence-electron chi connectivity index (χ4n) is 4.24. The number of aromatic amines is 1. The van der Waals surface area contributed by atoms with Gasteiger partial charge in [0.25, 0.3) is 0 Å². The molecule has 4 unspecified atom stereocenters. The monoisotopic (exact) mass is 571 g/mol. The molecule has 2 heterocycles. The van der Waals surface area contributed by atoms with Crippen LogP contribution in [0.15, 0.2) is 47.5 Å². The van der Waals surface area contributed by atoms with Crippen LogP contribution in [0.2, 0.25) is 0 Å². The number of carbonyl (C=O) groups excluding carboxylic acids is 1. The summed E-state index contributed by atoms with van der Waals surface area (Å²) in [4.78, 5) is 31.3. The number of guanidine groups is 1. The number of fused-ring (bicyclic) bond motifs is 1. The molecule has 41 heavy (non-hydrogen) atoms. The molecule has 15 heteroatoms. The van der Waals surface area contributed by atoms with Crippen molar-refractivity contribution < 1.29 is 39.9 Å². The number of aliphatic hydroxyl groups excluding tert-OH is 3. The van der Waals surface area contributed by atoms with E-state index in [1.807, 2.05) is 0 Å². The number of aliphatic hydroxyl groups is 3. The first-order valence-electron chi connectivity index (χ1n) is 12.7. The summed E-state index contributed by atoms with van der Waals surface area (Å²) in [6, 6.07) is 10.1. The molecular formula is C26H33N7O8. The van der Waals surface area contributed by atoms with Crippen molar-refractivity contribution in [3.63, 3.8) is 0 Å². The highest BCUT2D eigenvalue weighted by molar-refractivity contribution is 5.94. The molecule has 4 atom stereocenters. The van der Waals surface area contributed by atoms with Crippen molar-refractivity contribution in [1.82, 2.24) is 26.3 Å². The molecule has 1 amide bonds. The average molecular weight is 572 g/mol. The van der Waals surface area contributed by atoms with Gasteiger partial charge in [0.15, 0.2) is 11.7 Å². The smallest absolute Gasteiger partial charge is 0.322 e. The van der Waals surface area contributed by atoms with Gasteiger partial charge in [-0.3, -0.25) is 25.2 Å². The molecule has 1 aliphatic heterocycles. The Labute approximate surface area is 234 Å². The van der Waals surface area contributed by atoms with Crippen LogP contribution in [-0.4, -0.2) is 93.8 Å². The topological polar surface area (TPSA) is 233 Å². The Kier molecular flexibility index (Phi) is 9.59. The molecule has 0 saturated carbocycles. The molecule has 3 aromatic rings. The van der Waals surface area contributed by atoms with Crippen LogP contribution in [-0.2, 0) is 9.59 Å². The number of carboxylic acids is 1. The molecular weight excluding hydrogens is 538 g/mol. The number of rotatable bonds is 12. The molecule has 0 spiro atoms. The minimum atomic E-state index is -1.44. The third-order valence-corrected chi connectivity index (χ3v) is 6.26. The first-order valence-corrected chi connectivity index (χ1v) is 12.7. The lowest BCUT2D eigenvalue weighted by molar-refractivity contribution is -0.140. The number of aliphatic imine (C=N–C) groups is 1. The normalized spacial score (nSPS) is 17.2. The zero-order valence-electron chi connectivity index (χ0n) is 22.1. The SMILES string of the molecule is COc1c(C(O)NC(CNC(=O)CNC(O)c2cc(O)cc(NC3=NCC(O)CN3)c2)C(=O)O)[nH]c2ccccc12. The van der Waals surface area contributed by atoms with Gasteiger partial charge in [-0.1, -0.05) is 12.1 Å². The van der Waals surface area contributed by atoms with E-state index in [0.29, 0.717) is 34.8 Å². The highest BCUT2D eigenvalue weighted by Crippen LogP contribution is 2.33. The fourth-order valence-corrected chi connectivity index (χ4v) is 4.24. The number of aromatic nitrogens is 1. The van der Waals surface area contributed by atoms with Gasteiger partial charge in [0.05, 0.1) is 26.3 Å². The van der Waals surface area contributed by atoms with E-state index >= 15 is 0 Å². The summed E-state index contributed by atoms with van der Waals surface area (Å²) in [6.45, 7) is -0.216. The fraction of sp³-hybridized carbons (Fsp3) is 0.346. The number of carbonyl (C=O) groups is 2. The van der Waals surface area contributed by atoms with Crippen LogP contribution in [0.5, 0.6) is 11.5 Å². The van der Waals surface area contributed by atoms with Gasteiger partial charge < -0.3 is 51.2 Å². The number of nitrogens with one attached hydrogen (secondary N) is 6. The Morgan fingerprint density at radius 2 is 1.95 bits per heavy atom. The summed E-state index contributed by atoms with van der Waals surface area (Å²) >= 11 is 0. The lowest BCUT2D eigenvalue weighted by Gasteiger charge is -2.21. The lowest BCUT2D eigenvalue weighted by atomic mass is 10.1. The van der Waals surface area contributed by atoms with Crippen molar-refractivity contribution in [2.45, 2.75) is 24.6 Å². The van der Waals surface area contributed by atoms with Crippen molar-refractivity contribution in [3.05, 3.63) is 53.7 Å². The minimum absolute atomic E-state index is 0.146. The minimum Gasteiger partial charge on any atom is -0.508 e. The number of amides is 1. The van der Waals surface area contributed by atoms with Crippen LogP contribution >= 0.6 is 0 Å². The number of aliphatic carboxylic acids is 1. The van der Waals surface area contributed by atoms with E-state index in [0.717, 1.165) is 0 Å². The van der Waals surface area contributed by atoms with E-state index < -0.39 is 36.5 Å². The third-order valence-electron chi connectivity index (χ3n) is 6.26. The number of nitrogens with zero attached hydrogens (tertiary/aromatic N) is 1. The number of carboxylic acid groups (broad SMARTS) is 1. The number of methoxy groups -OCH3 is 1. The number of hydrogen-bond acceptors (Lipinski definition) is 12. The number of ether oxygens (including phenoxy) is 1. The predicted octanol–water partition coefficient (Wildman–Crippen LogP) is -0.955. The van der Waals surface area contributed by atoms with Crippen molar-refractivity contribution in [2.24, 2.45) is 4.99 Å². The zero-order valence-corrected chi connectivity index (χ0v) is 22.1. The Morgan fingerprint density at radius 1 is 1.17 bits per heavy atom. The molecule has 2 aromatic carbocycles. The van der Waals surface area contributed by atoms with Gasteiger partial charge in [0.1, 0.15) is 29.9 Å². The summed E-state index contributed by atoms with van der Waals surface area (Å²) < 4.78 is 5.39. The van der Waals surface area contributed by atoms with Crippen LogP contribution in [0.4, 0.5) is 5.69 Å². The molecule has 11 N–H and O–H groups in total. The number of aromatic hydroxyl groups is 1. The number of H-pyrrole nitrogens is 1. The molecule has 0 fully saturated rings. The first-order chi connectivity index (χ1) is 19.6. The van der Waals surface area contributed by atoms with Crippen LogP contribution in [0.1, 0.15) is 23.7 Å². The molecule has 0 bridgehead atoms. The summed E-state index contributed by atoms with van der Waals surface area (Å²) in [5.41, 5.74) is 1.59. The highest BCUT2D eigenvalue weighted by Gasteiger charge is 2.26. The maximum Gasteiger partial charge on any atom is 0.322 e. The first kappa shape index (κ1) is 29.6. The number of phenolic OH excluding ortho intramolecular Hbond substituents is 1. The molecule has 220 valence electrons. The number of benzene rings is 2. The number of anilines is 1. The predicted molar refractivity (Wildman–Crippen MR) is 148 cm³/mol. The van der Waals surface area contributed by atoms with Gasteiger partial charge in [-0.15, -0.1) is 0 Å². The zero-order chi connectivity index (χ0) is 29.5. The maximum absolute atomic E-state index is 12.4. The Morgan fingerprint density at radius 3 is 2.66 bits per heavy atom.